The summed E-state index contributed by atoms with van der Waals surface area (Å²) in [6, 6.07) is 10.7. The Balaban J connectivity index is 2.82. The van der Waals surface area contributed by atoms with Gasteiger partial charge in [0, 0.05) is 6.04 Å². The molecular weight excluding hydrogens is 150 g/mol. The van der Waals surface area contributed by atoms with Gasteiger partial charge in [-0.25, -0.2) is 0 Å². The van der Waals surface area contributed by atoms with Gasteiger partial charge in [-0.2, -0.15) is 0 Å². The molecule has 0 aromatic heterocycles. The molecule has 0 aliphatic heterocycles. The molecule has 1 atom stereocenters. The second-order valence-electron chi connectivity index (χ2n) is 2.41. The highest BCUT2D eigenvalue weighted by Gasteiger charge is 2.00. The van der Waals surface area contributed by atoms with E-state index in [1.165, 1.54) is 5.56 Å². The Morgan fingerprint density at radius 1 is 1.36 bits per heavy atom. The fraction of sp³-hybridized carbons (Fsp3) is 0.111. The molecule has 1 N–H and O–H groups in total. The lowest BCUT2D eigenvalue weighted by Gasteiger charge is -2.10. The first-order valence-electron chi connectivity index (χ1n) is 3.73. The van der Waals surface area contributed by atoms with Crippen molar-refractivity contribution in [2.24, 2.45) is 0 Å². The van der Waals surface area contributed by atoms with Crippen molar-refractivity contribution in [1.82, 2.24) is 4.98 Å². The second kappa shape index (κ2) is 4.11. The number of nitrogens with one attached hydrogen (secondary N) is 1. The highest BCUT2D eigenvalue weighted by molar-refractivity contribution is 6.04. The lowest BCUT2D eigenvalue weighted by molar-refractivity contribution is 0.827. The summed E-state index contributed by atoms with van der Waals surface area (Å²) >= 11 is 0. The van der Waals surface area contributed by atoms with Gasteiger partial charge in [0.15, 0.2) is 0 Å². The summed E-state index contributed by atoms with van der Waals surface area (Å²) in [7, 11) is 0.995. The third kappa shape index (κ3) is 2.03. The molecule has 0 saturated heterocycles. The van der Waals surface area contributed by atoms with Gasteiger partial charge in [0.1, 0.15) is 0 Å². The van der Waals surface area contributed by atoms with Crippen LogP contribution in [-0.4, -0.2) is 10.4 Å². The number of hydrogen-bond acceptors (Lipinski definition) is 1. The topological polar surface area (TPSA) is 12.0 Å². The van der Waals surface area contributed by atoms with Crippen LogP contribution in [0, 0.1) is 0 Å². The van der Waals surface area contributed by atoms with Crippen LogP contribution in [0.2, 0.25) is 0 Å². The summed E-state index contributed by atoms with van der Waals surface area (Å²) in [5, 5.41) is 0. The van der Waals surface area contributed by atoms with Gasteiger partial charge >= 0.3 is 0 Å². The molecular formula is C9H13NSi. The summed E-state index contributed by atoms with van der Waals surface area (Å²) in [5.41, 5.74) is 1.29. The van der Waals surface area contributed by atoms with Gasteiger partial charge in [-0.15, -0.1) is 6.58 Å². The molecule has 1 aromatic carbocycles. The number of rotatable bonds is 3. The van der Waals surface area contributed by atoms with Gasteiger partial charge in [0.05, 0.1) is 10.4 Å². The van der Waals surface area contributed by atoms with E-state index in [2.05, 4.69) is 23.7 Å². The molecule has 0 bridgehead atoms. The van der Waals surface area contributed by atoms with E-state index in [-0.39, 0.29) is 0 Å². The fourth-order valence-corrected chi connectivity index (χ4v) is 1.65. The highest BCUT2D eigenvalue weighted by Crippen LogP contribution is 2.11. The molecule has 0 fully saturated rings. The van der Waals surface area contributed by atoms with Crippen LogP contribution in [-0.2, 0) is 0 Å². The zero-order valence-corrected chi connectivity index (χ0v) is 8.75. The van der Waals surface area contributed by atoms with Crippen molar-refractivity contribution in [2.45, 2.75) is 6.04 Å². The van der Waals surface area contributed by atoms with Crippen LogP contribution in [0.4, 0.5) is 0 Å². The third-order valence-electron chi connectivity index (χ3n) is 1.71. The van der Waals surface area contributed by atoms with Crippen LogP contribution in [0.1, 0.15) is 11.6 Å². The normalized spacial score (nSPS) is 12.7. The predicted molar refractivity (Wildman–Crippen MR) is 52.5 cm³/mol. The molecule has 1 nitrogen and oxygen atoms in total. The van der Waals surface area contributed by atoms with Gasteiger partial charge in [-0.05, 0) is 5.56 Å². The minimum Gasteiger partial charge on any atom is -0.336 e. The first-order chi connectivity index (χ1) is 5.38. The molecule has 1 unspecified atom stereocenters. The Hall–Kier alpha value is -0.863. The van der Waals surface area contributed by atoms with Crippen LogP contribution in [0.3, 0.4) is 0 Å². The molecule has 0 spiro atoms. The van der Waals surface area contributed by atoms with Gasteiger partial charge < -0.3 is 4.98 Å². The van der Waals surface area contributed by atoms with E-state index in [1.807, 2.05) is 24.3 Å². The Kier molecular flexibility index (Phi) is 3.07. The lowest BCUT2D eigenvalue weighted by Crippen LogP contribution is -2.14. The fourth-order valence-electron chi connectivity index (χ4n) is 1.08. The average molecular weight is 163 g/mol. The maximum atomic E-state index is 3.77. The molecule has 1 rings (SSSR count). The minimum atomic E-state index is 0.336. The van der Waals surface area contributed by atoms with Crippen molar-refractivity contribution in [1.29, 1.82) is 0 Å². The summed E-state index contributed by atoms with van der Waals surface area (Å²) in [4.78, 5) is 3.29. The van der Waals surface area contributed by atoms with Crippen LogP contribution < -0.4 is 4.98 Å². The van der Waals surface area contributed by atoms with Crippen molar-refractivity contribution in [3.63, 3.8) is 0 Å². The highest BCUT2D eigenvalue weighted by atomic mass is 28.2. The quantitative estimate of drug-likeness (QED) is 0.513. The summed E-state index contributed by atoms with van der Waals surface area (Å²) in [5.74, 6) is 0. The maximum Gasteiger partial charge on any atom is 0.0760 e. The zero-order valence-electron chi connectivity index (χ0n) is 6.75. The van der Waals surface area contributed by atoms with Crippen molar-refractivity contribution >= 4 is 10.4 Å². The Morgan fingerprint density at radius 2 is 2.00 bits per heavy atom. The summed E-state index contributed by atoms with van der Waals surface area (Å²) in [6.45, 7) is 3.77. The molecule has 0 amide bonds. The Labute approximate surface area is 70.6 Å². The van der Waals surface area contributed by atoms with Crippen molar-refractivity contribution < 1.29 is 0 Å². The number of benzene rings is 1. The molecule has 2 heteroatoms. The van der Waals surface area contributed by atoms with Crippen LogP contribution >= 0.6 is 0 Å². The van der Waals surface area contributed by atoms with Crippen molar-refractivity contribution in [3.8, 4) is 0 Å². The monoisotopic (exact) mass is 163 g/mol. The molecule has 1 aromatic rings. The predicted octanol–water partition coefficient (Wildman–Crippen LogP) is 0.784. The first-order valence-corrected chi connectivity index (χ1v) is 4.73. The van der Waals surface area contributed by atoms with E-state index < -0.39 is 0 Å². The molecule has 0 aliphatic rings. The molecule has 0 saturated carbocycles. The van der Waals surface area contributed by atoms with Gasteiger partial charge in [0.25, 0.3) is 0 Å². The molecule has 11 heavy (non-hydrogen) atoms. The van der Waals surface area contributed by atoms with E-state index in [4.69, 9.17) is 0 Å². The minimum absolute atomic E-state index is 0.336. The van der Waals surface area contributed by atoms with Crippen molar-refractivity contribution in [3.05, 3.63) is 48.6 Å². The van der Waals surface area contributed by atoms with Gasteiger partial charge in [-0.3, -0.25) is 0 Å². The maximum absolute atomic E-state index is 3.77. The standard InChI is InChI=1S/C9H13NSi/c1-2-9(10-11)8-6-4-3-5-7-8/h2-7,9-10H,1H2,11H3. The number of hydrogen-bond donors (Lipinski definition) is 1. The average Bonchev–Trinajstić information content (AvgIpc) is 2.09. The van der Waals surface area contributed by atoms with E-state index >= 15 is 0 Å². The largest absolute Gasteiger partial charge is 0.336 e. The third-order valence-corrected chi connectivity index (χ3v) is 2.33. The van der Waals surface area contributed by atoms with E-state index in [9.17, 15) is 0 Å². The van der Waals surface area contributed by atoms with E-state index in [0.717, 1.165) is 10.4 Å². The molecule has 0 radical (unpaired) electrons. The van der Waals surface area contributed by atoms with Gasteiger partial charge in [0.2, 0.25) is 0 Å². The Bertz CT molecular complexity index is 220. The van der Waals surface area contributed by atoms with Crippen molar-refractivity contribution in [2.75, 3.05) is 0 Å². The lowest BCUT2D eigenvalue weighted by atomic mass is 10.1. The summed E-state index contributed by atoms with van der Waals surface area (Å²) < 4.78 is 0. The molecule has 0 heterocycles. The summed E-state index contributed by atoms with van der Waals surface area (Å²) in [6.07, 6.45) is 1.93. The molecule has 58 valence electrons. The van der Waals surface area contributed by atoms with Crippen LogP contribution in [0.5, 0.6) is 0 Å². The van der Waals surface area contributed by atoms with Crippen LogP contribution in [0.15, 0.2) is 43.0 Å². The first kappa shape index (κ1) is 8.24. The SMILES string of the molecule is C=CC(N[SiH3])c1ccccc1. The molecule has 0 aliphatic carbocycles. The zero-order chi connectivity index (χ0) is 8.10. The Morgan fingerprint density at radius 3 is 2.45 bits per heavy atom. The van der Waals surface area contributed by atoms with Crippen LogP contribution in [0.25, 0.3) is 0 Å². The second-order valence-corrected chi connectivity index (χ2v) is 2.99. The van der Waals surface area contributed by atoms with E-state index in [0.29, 0.717) is 6.04 Å². The smallest absolute Gasteiger partial charge is 0.0760 e. The van der Waals surface area contributed by atoms with Gasteiger partial charge in [-0.1, -0.05) is 36.4 Å². The van der Waals surface area contributed by atoms with E-state index in [1.54, 1.807) is 0 Å².